The molecule has 2 rings (SSSR count). The lowest BCUT2D eigenvalue weighted by Gasteiger charge is -2.17. The lowest BCUT2D eigenvalue weighted by atomic mass is 10.1. The van der Waals surface area contributed by atoms with Crippen LogP contribution in [0.4, 0.5) is 4.39 Å². The van der Waals surface area contributed by atoms with Crippen LogP contribution in [0.3, 0.4) is 0 Å². The van der Waals surface area contributed by atoms with Gasteiger partial charge in [0.15, 0.2) is 5.16 Å². The highest BCUT2D eigenvalue weighted by Crippen LogP contribution is 2.33. The second kappa shape index (κ2) is 6.44. The zero-order valence-corrected chi connectivity index (χ0v) is 13.3. The average molecular weight is 310 g/mol. The van der Waals surface area contributed by atoms with Crippen LogP contribution in [0.5, 0.6) is 0 Å². The lowest BCUT2D eigenvalue weighted by Crippen LogP contribution is -2.19. The Labute approximate surface area is 127 Å². The number of benzene rings is 1. The molecule has 0 aliphatic carbocycles. The van der Waals surface area contributed by atoms with Crippen molar-refractivity contribution in [2.75, 3.05) is 6.54 Å². The number of nitrogens with one attached hydrogen (secondary N) is 2. The Morgan fingerprint density at radius 2 is 2.24 bits per heavy atom. The fraction of sp³-hybridized carbons (Fsp3) is 0.429. The minimum Gasteiger partial charge on any atom is -0.310 e. The molecule has 0 aliphatic heterocycles. The van der Waals surface area contributed by atoms with Crippen LogP contribution in [0, 0.1) is 12.7 Å². The molecule has 2 N–H and O–H groups in total. The highest BCUT2D eigenvalue weighted by Gasteiger charge is 2.16. The smallest absolute Gasteiger partial charge is 0.310 e. The van der Waals surface area contributed by atoms with Crippen LogP contribution in [0.25, 0.3) is 0 Å². The molecule has 0 fully saturated rings. The molecular weight excluding hydrogens is 291 g/mol. The molecular formula is C14H19FN4OS. The van der Waals surface area contributed by atoms with Crippen molar-refractivity contribution >= 4 is 11.8 Å². The van der Waals surface area contributed by atoms with Gasteiger partial charge in [-0.05, 0) is 55.4 Å². The van der Waals surface area contributed by atoms with Crippen LogP contribution in [0.1, 0.15) is 31.0 Å². The molecule has 0 bridgehead atoms. The molecule has 0 aliphatic rings. The molecule has 5 nitrogen and oxygen atoms in total. The Hall–Kier alpha value is -1.60. The zero-order valence-electron chi connectivity index (χ0n) is 12.5. The van der Waals surface area contributed by atoms with E-state index in [0.717, 1.165) is 17.0 Å². The number of hydrogen-bond acceptors (Lipinski definition) is 4. The molecule has 0 saturated carbocycles. The summed E-state index contributed by atoms with van der Waals surface area (Å²) in [6, 6.07) is 3.36. The van der Waals surface area contributed by atoms with Crippen molar-refractivity contribution in [3.63, 3.8) is 0 Å². The van der Waals surface area contributed by atoms with Crippen LogP contribution in [0.15, 0.2) is 27.0 Å². The Kier molecular flexibility index (Phi) is 4.84. The average Bonchev–Trinajstić information content (AvgIpc) is 2.75. The van der Waals surface area contributed by atoms with Crippen molar-refractivity contribution in [1.29, 1.82) is 0 Å². The minimum absolute atomic E-state index is 0.0172. The maximum Gasteiger partial charge on any atom is 0.343 e. The second-order valence-electron chi connectivity index (χ2n) is 4.89. The fourth-order valence-corrected chi connectivity index (χ4v) is 3.13. The molecule has 1 unspecified atom stereocenters. The number of rotatable bonds is 5. The largest absolute Gasteiger partial charge is 0.343 e. The molecule has 2 aromatic rings. The van der Waals surface area contributed by atoms with Gasteiger partial charge in [0.2, 0.25) is 0 Å². The molecule has 114 valence electrons. The third kappa shape index (κ3) is 3.36. The summed E-state index contributed by atoms with van der Waals surface area (Å²) in [7, 11) is 1.65. The van der Waals surface area contributed by atoms with Crippen LogP contribution in [-0.4, -0.2) is 21.3 Å². The minimum atomic E-state index is -0.266. The van der Waals surface area contributed by atoms with E-state index in [1.165, 1.54) is 16.3 Å². The van der Waals surface area contributed by atoms with Gasteiger partial charge in [0.25, 0.3) is 0 Å². The van der Waals surface area contributed by atoms with E-state index in [2.05, 4.69) is 15.5 Å². The van der Waals surface area contributed by atoms with E-state index in [1.807, 2.05) is 13.8 Å². The third-order valence-electron chi connectivity index (χ3n) is 3.31. The molecule has 0 saturated heterocycles. The van der Waals surface area contributed by atoms with Crippen LogP contribution in [-0.2, 0) is 7.05 Å². The lowest BCUT2D eigenvalue weighted by molar-refractivity contribution is 0.571. The maximum atomic E-state index is 13.9. The highest BCUT2D eigenvalue weighted by molar-refractivity contribution is 7.99. The monoisotopic (exact) mass is 310 g/mol. The van der Waals surface area contributed by atoms with Gasteiger partial charge in [-0.2, -0.15) is 0 Å². The van der Waals surface area contributed by atoms with Gasteiger partial charge in [-0.3, -0.25) is 4.57 Å². The quantitative estimate of drug-likeness (QED) is 0.890. The summed E-state index contributed by atoms with van der Waals surface area (Å²) >= 11 is 1.35. The number of nitrogens with zero attached hydrogens (tertiary/aromatic N) is 2. The van der Waals surface area contributed by atoms with E-state index in [0.29, 0.717) is 10.7 Å². The zero-order chi connectivity index (χ0) is 15.6. The number of H-pyrrole nitrogens is 1. The SMILES string of the molecule is CCNC(C)c1cc(F)c(C)cc1Sc1n[nH]c(=O)n1C. The van der Waals surface area contributed by atoms with Crippen molar-refractivity contribution in [3.05, 3.63) is 39.6 Å². The summed E-state index contributed by atoms with van der Waals surface area (Å²) in [6.07, 6.45) is 0. The molecule has 0 spiro atoms. The summed E-state index contributed by atoms with van der Waals surface area (Å²) < 4.78 is 15.3. The molecule has 1 heterocycles. The highest BCUT2D eigenvalue weighted by atomic mass is 32.2. The Morgan fingerprint density at radius 1 is 1.52 bits per heavy atom. The Balaban J connectivity index is 2.43. The van der Waals surface area contributed by atoms with Crippen molar-refractivity contribution in [2.24, 2.45) is 7.05 Å². The van der Waals surface area contributed by atoms with E-state index in [-0.39, 0.29) is 17.5 Å². The summed E-state index contributed by atoms with van der Waals surface area (Å²) in [6.45, 7) is 6.51. The van der Waals surface area contributed by atoms with Gasteiger partial charge in [-0.25, -0.2) is 14.3 Å². The third-order valence-corrected chi connectivity index (χ3v) is 4.43. The van der Waals surface area contributed by atoms with E-state index in [1.54, 1.807) is 26.1 Å². The topological polar surface area (TPSA) is 62.7 Å². The standard InChI is InChI=1S/C14H19FN4OS/c1-5-16-9(3)10-7-11(15)8(2)6-12(10)21-14-18-17-13(20)19(14)4/h6-7,9,16H,5H2,1-4H3,(H,17,20). The van der Waals surface area contributed by atoms with Crippen LogP contribution in [0.2, 0.25) is 0 Å². The van der Waals surface area contributed by atoms with Gasteiger partial charge in [-0.1, -0.05) is 6.92 Å². The summed E-state index contributed by atoms with van der Waals surface area (Å²) in [4.78, 5) is 12.3. The molecule has 1 aromatic carbocycles. The molecule has 0 radical (unpaired) electrons. The van der Waals surface area contributed by atoms with Gasteiger partial charge >= 0.3 is 5.69 Å². The van der Waals surface area contributed by atoms with E-state index in [9.17, 15) is 9.18 Å². The van der Waals surface area contributed by atoms with Crippen LogP contribution < -0.4 is 11.0 Å². The number of aryl methyl sites for hydroxylation is 1. The van der Waals surface area contributed by atoms with E-state index in [4.69, 9.17) is 0 Å². The summed E-state index contributed by atoms with van der Waals surface area (Å²) in [5, 5.41) is 10.2. The van der Waals surface area contributed by atoms with Crippen molar-refractivity contribution in [3.8, 4) is 0 Å². The normalized spacial score (nSPS) is 12.6. The first-order valence-corrected chi connectivity index (χ1v) is 7.58. The van der Waals surface area contributed by atoms with Crippen LogP contribution >= 0.6 is 11.8 Å². The van der Waals surface area contributed by atoms with Crippen molar-refractivity contribution in [2.45, 2.75) is 36.9 Å². The van der Waals surface area contributed by atoms with Gasteiger partial charge in [0, 0.05) is 18.0 Å². The fourth-order valence-electron chi connectivity index (χ4n) is 2.04. The van der Waals surface area contributed by atoms with E-state index < -0.39 is 0 Å². The summed E-state index contributed by atoms with van der Waals surface area (Å²) in [5.74, 6) is -0.227. The molecule has 0 amide bonds. The predicted molar refractivity (Wildman–Crippen MR) is 81.2 cm³/mol. The number of aromatic amines is 1. The first-order chi connectivity index (χ1) is 9.93. The van der Waals surface area contributed by atoms with Crippen molar-refractivity contribution < 1.29 is 4.39 Å². The Morgan fingerprint density at radius 3 is 2.81 bits per heavy atom. The maximum absolute atomic E-state index is 13.9. The van der Waals surface area contributed by atoms with Crippen molar-refractivity contribution in [1.82, 2.24) is 20.1 Å². The molecule has 7 heteroatoms. The Bertz CT molecular complexity index is 695. The number of hydrogen-bond donors (Lipinski definition) is 2. The second-order valence-corrected chi connectivity index (χ2v) is 5.90. The first kappa shape index (κ1) is 15.8. The molecule has 1 aromatic heterocycles. The molecule has 21 heavy (non-hydrogen) atoms. The van der Waals surface area contributed by atoms with Gasteiger partial charge < -0.3 is 5.32 Å². The number of aromatic nitrogens is 3. The summed E-state index contributed by atoms with van der Waals surface area (Å²) in [5.41, 5.74) is 1.17. The number of halogens is 1. The molecule has 1 atom stereocenters. The first-order valence-electron chi connectivity index (χ1n) is 6.76. The van der Waals surface area contributed by atoms with Gasteiger partial charge in [0.05, 0.1) is 0 Å². The van der Waals surface area contributed by atoms with Gasteiger partial charge in [-0.15, -0.1) is 5.10 Å². The van der Waals surface area contributed by atoms with E-state index >= 15 is 0 Å². The van der Waals surface area contributed by atoms with Gasteiger partial charge in [0.1, 0.15) is 5.82 Å². The predicted octanol–water partition coefficient (Wildman–Crippen LogP) is 2.38.